The normalized spacial score (nSPS) is 20.8. The fourth-order valence-electron chi connectivity index (χ4n) is 2.03. The second-order valence-corrected chi connectivity index (χ2v) is 7.40. The predicted octanol–water partition coefficient (Wildman–Crippen LogP) is 1.57. The molecule has 1 aliphatic heterocycles. The quantitative estimate of drug-likeness (QED) is 0.895. The minimum atomic E-state index is -3.48. The van der Waals surface area contributed by atoms with E-state index in [1.165, 1.54) is 4.31 Å². The molecule has 19 heavy (non-hydrogen) atoms. The third kappa shape index (κ3) is 2.50. The average Bonchev–Trinajstić information content (AvgIpc) is 2.48. The zero-order valence-electron chi connectivity index (χ0n) is 11.3. The molecule has 0 aromatic heterocycles. The number of sulfonamides is 1. The largest absolute Gasteiger partial charge is 0.324 e. The lowest BCUT2D eigenvalue weighted by Crippen LogP contribution is -2.45. The van der Waals surface area contributed by atoms with Crippen LogP contribution in [0.3, 0.4) is 0 Å². The summed E-state index contributed by atoms with van der Waals surface area (Å²) in [7, 11) is -3.48. The average molecular weight is 282 g/mol. The molecule has 0 saturated carbocycles. The van der Waals surface area contributed by atoms with Crippen LogP contribution in [0.5, 0.6) is 0 Å². The number of carbonyl (C=O) groups is 1. The number of fused-ring (bicyclic) bond motifs is 1. The molecule has 1 heterocycles. The summed E-state index contributed by atoms with van der Waals surface area (Å²) in [5.74, 6) is -0.297. The first-order valence-electron chi connectivity index (χ1n) is 6.23. The summed E-state index contributed by atoms with van der Waals surface area (Å²) in [6.07, 6.45) is 0. The van der Waals surface area contributed by atoms with Crippen molar-refractivity contribution in [3.63, 3.8) is 0 Å². The number of para-hydroxylation sites is 1. The number of nitrogens with zero attached hydrogens (tertiary/aromatic N) is 1. The van der Waals surface area contributed by atoms with Crippen molar-refractivity contribution in [1.29, 1.82) is 0 Å². The fraction of sp³-hybridized carbons (Fsp3) is 0.462. The molecule has 2 rings (SSSR count). The lowest BCUT2D eigenvalue weighted by atomic mass is 10.2. The van der Waals surface area contributed by atoms with Crippen LogP contribution in [-0.4, -0.2) is 29.9 Å². The molecule has 0 spiro atoms. The molecule has 1 amide bonds. The minimum absolute atomic E-state index is 0.219. The molecule has 1 atom stereocenters. The molecule has 1 aromatic rings. The molecule has 5 nitrogen and oxygen atoms in total. The standard InChI is InChI=1S/C13H18N2O3S/c1-9(2)19(17,18)15-8-11-6-4-5-7-12(11)14-13(16)10(15)3/h4-7,9-10H,8H2,1-3H3,(H,14,16). The van der Waals surface area contributed by atoms with E-state index in [2.05, 4.69) is 5.32 Å². The summed E-state index contributed by atoms with van der Waals surface area (Å²) < 4.78 is 26.0. The van der Waals surface area contributed by atoms with Gasteiger partial charge in [-0.25, -0.2) is 8.42 Å². The van der Waals surface area contributed by atoms with E-state index in [4.69, 9.17) is 0 Å². The van der Waals surface area contributed by atoms with E-state index >= 15 is 0 Å². The van der Waals surface area contributed by atoms with E-state index < -0.39 is 21.3 Å². The topological polar surface area (TPSA) is 66.5 Å². The Balaban J connectivity index is 2.49. The minimum Gasteiger partial charge on any atom is -0.324 e. The van der Waals surface area contributed by atoms with Gasteiger partial charge in [-0.2, -0.15) is 4.31 Å². The van der Waals surface area contributed by atoms with Crippen LogP contribution < -0.4 is 5.32 Å². The summed E-state index contributed by atoms with van der Waals surface area (Å²) in [6.45, 7) is 5.07. The number of amides is 1. The molecule has 1 aliphatic rings. The van der Waals surface area contributed by atoms with Gasteiger partial charge >= 0.3 is 0 Å². The number of benzene rings is 1. The number of carbonyl (C=O) groups excluding carboxylic acids is 1. The lowest BCUT2D eigenvalue weighted by molar-refractivity contribution is -0.119. The van der Waals surface area contributed by atoms with Gasteiger partial charge in [-0.15, -0.1) is 0 Å². The van der Waals surface area contributed by atoms with Gasteiger partial charge in [0.1, 0.15) is 6.04 Å². The van der Waals surface area contributed by atoms with Crippen molar-refractivity contribution in [3.05, 3.63) is 29.8 Å². The maximum absolute atomic E-state index is 12.3. The van der Waals surface area contributed by atoms with Gasteiger partial charge in [0.2, 0.25) is 15.9 Å². The monoisotopic (exact) mass is 282 g/mol. The second-order valence-electron chi connectivity index (χ2n) is 4.96. The van der Waals surface area contributed by atoms with E-state index in [1.807, 2.05) is 18.2 Å². The van der Waals surface area contributed by atoms with Crippen LogP contribution in [0.15, 0.2) is 24.3 Å². The highest BCUT2D eigenvalue weighted by Gasteiger charge is 2.36. The molecule has 0 aliphatic carbocycles. The molecular formula is C13H18N2O3S. The number of anilines is 1. The van der Waals surface area contributed by atoms with Crippen LogP contribution in [0.4, 0.5) is 5.69 Å². The Morgan fingerprint density at radius 3 is 2.58 bits per heavy atom. The highest BCUT2D eigenvalue weighted by atomic mass is 32.2. The first-order valence-corrected chi connectivity index (χ1v) is 7.74. The van der Waals surface area contributed by atoms with Crippen LogP contribution in [-0.2, 0) is 21.4 Å². The van der Waals surface area contributed by atoms with Gasteiger partial charge in [0.15, 0.2) is 0 Å². The highest BCUT2D eigenvalue weighted by molar-refractivity contribution is 7.89. The van der Waals surface area contributed by atoms with Crippen molar-refractivity contribution in [2.24, 2.45) is 0 Å². The molecule has 6 heteroatoms. The van der Waals surface area contributed by atoms with Crippen LogP contribution >= 0.6 is 0 Å². The molecular weight excluding hydrogens is 264 g/mol. The maximum Gasteiger partial charge on any atom is 0.242 e. The zero-order valence-corrected chi connectivity index (χ0v) is 12.1. The van der Waals surface area contributed by atoms with Gasteiger partial charge in [-0.05, 0) is 32.4 Å². The Labute approximate surface area is 113 Å². The SMILES string of the molecule is CC1C(=O)Nc2ccccc2CN1S(=O)(=O)C(C)C. The number of nitrogens with one attached hydrogen (secondary N) is 1. The zero-order chi connectivity index (χ0) is 14.2. The van der Waals surface area contributed by atoms with Crippen molar-refractivity contribution < 1.29 is 13.2 Å². The summed E-state index contributed by atoms with van der Waals surface area (Å²) in [5, 5.41) is 2.22. The Kier molecular flexibility index (Phi) is 3.64. The van der Waals surface area contributed by atoms with Crippen LogP contribution in [0, 0.1) is 0 Å². The third-order valence-corrected chi connectivity index (χ3v) is 5.63. The van der Waals surface area contributed by atoms with Crippen molar-refractivity contribution in [2.45, 2.75) is 38.6 Å². The third-order valence-electron chi connectivity index (χ3n) is 3.34. The Morgan fingerprint density at radius 2 is 1.95 bits per heavy atom. The van der Waals surface area contributed by atoms with Gasteiger partial charge < -0.3 is 5.32 Å². The lowest BCUT2D eigenvalue weighted by Gasteiger charge is -2.26. The van der Waals surface area contributed by atoms with Crippen LogP contribution in [0.2, 0.25) is 0 Å². The van der Waals surface area contributed by atoms with Crippen LogP contribution in [0.1, 0.15) is 26.3 Å². The van der Waals surface area contributed by atoms with E-state index in [9.17, 15) is 13.2 Å². The summed E-state index contributed by atoms with van der Waals surface area (Å²) in [6, 6.07) is 6.55. The van der Waals surface area contributed by atoms with Gasteiger partial charge in [0.25, 0.3) is 0 Å². The smallest absolute Gasteiger partial charge is 0.242 e. The van der Waals surface area contributed by atoms with Crippen molar-refractivity contribution in [1.82, 2.24) is 4.31 Å². The molecule has 0 bridgehead atoms. The molecule has 1 unspecified atom stereocenters. The highest BCUT2D eigenvalue weighted by Crippen LogP contribution is 2.26. The van der Waals surface area contributed by atoms with E-state index in [0.717, 1.165) is 5.56 Å². The maximum atomic E-state index is 12.3. The number of rotatable bonds is 2. The van der Waals surface area contributed by atoms with E-state index in [-0.39, 0.29) is 12.5 Å². The van der Waals surface area contributed by atoms with Gasteiger partial charge in [-0.1, -0.05) is 18.2 Å². The second kappa shape index (κ2) is 4.94. The van der Waals surface area contributed by atoms with Gasteiger partial charge in [-0.3, -0.25) is 4.79 Å². The predicted molar refractivity (Wildman–Crippen MR) is 74.1 cm³/mol. The number of hydrogen-bond acceptors (Lipinski definition) is 3. The molecule has 0 saturated heterocycles. The Morgan fingerprint density at radius 1 is 1.32 bits per heavy atom. The van der Waals surface area contributed by atoms with Crippen LogP contribution in [0.25, 0.3) is 0 Å². The summed E-state index contributed by atoms with van der Waals surface area (Å²) in [5.41, 5.74) is 1.49. The molecule has 0 radical (unpaired) electrons. The first-order chi connectivity index (χ1) is 8.84. The first kappa shape index (κ1) is 14.0. The molecule has 104 valence electrons. The van der Waals surface area contributed by atoms with Crippen molar-refractivity contribution in [3.8, 4) is 0 Å². The van der Waals surface area contributed by atoms with Crippen molar-refractivity contribution >= 4 is 21.6 Å². The Hall–Kier alpha value is -1.40. The summed E-state index contributed by atoms with van der Waals surface area (Å²) >= 11 is 0. The molecule has 0 fully saturated rings. The molecule has 1 aromatic carbocycles. The Bertz CT molecular complexity index is 596. The molecule has 1 N–H and O–H groups in total. The van der Waals surface area contributed by atoms with Gasteiger partial charge in [0, 0.05) is 12.2 Å². The van der Waals surface area contributed by atoms with Gasteiger partial charge in [0.05, 0.1) is 5.25 Å². The summed E-state index contributed by atoms with van der Waals surface area (Å²) in [4.78, 5) is 12.0. The van der Waals surface area contributed by atoms with E-state index in [1.54, 1.807) is 26.8 Å². The fourth-order valence-corrected chi connectivity index (χ4v) is 3.43. The van der Waals surface area contributed by atoms with E-state index in [0.29, 0.717) is 5.69 Å². The number of hydrogen-bond donors (Lipinski definition) is 1. The van der Waals surface area contributed by atoms with Crippen molar-refractivity contribution in [2.75, 3.05) is 5.32 Å².